The van der Waals surface area contributed by atoms with Gasteiger partial charge in [-0.25, -0.2) is 0 Å². The SMILES string of the molecule is CC(C)(C)OC=O.OC1CCCN1. The molecule has 0 amide bonds. The first-order valence-corrected chi connectivity index (χ1v) is 4.48. The average molecular weight is 189 g/mol. The first-order valence-electron chi connectivity index (χ1n) is 4.48. The van der Waals surface area contributed by atoms with Crippen LogP contribution in [0.15, 0.2) is 0 Å². The number of rotatable bonds is 1. The van der Waals surface area contributed by atoms with Gasteiger partial charge in [-0.3, -0.25) is 10.1 Å². The highest BCUT2D eigenvalue weighted by molar-refractivity contribution is 5.37. The summed E-state index contributed by atoms with van der Waals surface area (Å²) in [6, 6.07) is 0. The third-order valence-corrected chi connectivity index (χ3v) is 1.44. The largest absolute Gasteiger partial charge is 0.462 e. The molecule has 0 spiro atoms. The molecule has 0 aliphatic carbocycles. The van der Waals surface area contributed by atoms with Gasteiger partial charge in [0, 0.05) is 0 Å². The van der Waals surface area contributed by atoms with Gasteiger partial charge < -0.3 is 9.84 Å². The maximum Gasteiger partial charge on any atom is 0.293 e. The third kappa shape index (κ3) is 9.30. The molecule has 0 aromatic rings. The smallest absolute Gasteiger partial charge is 0.293 e. The van der Waals surface area contributed by atoms with Crippen LogP contribution in [0.4, 0.5) is 0 Å². The summed E-state index contributed by atoms with van der Waals surface area (Å²) < 4.78 is 4.55. The molecule has 4 nitrogen and oxygen atoms in total. The van der Waals surface area contributed by atoms with Crippen molar-refractivity contribution >= 4 is 6.47 Å². The predicted octanol–water partition coefficient (Wildman–Crippen LogP) is 0.646. The van der Waals surface area contributed by atoms with E-state index in [-0.39, 0.29) is 11.8 Å². The summed E-state index contributed by atoms with van der Waals surface area (Å²) in [4.78, 5) is 9.60. The Morgan fingerprint density at radius 3 is 2.23 bits per heavy atom. The number of hydrogen-bond acceptors (Lipinski definition) is 4. The van der Waals surface area contributed by atoms with Crippen molar-refractivity contribution in [2.75, 3.05) is 6.54 Å². The second-order valence-corrected chi connectivity index (χ2v) is 3.94. The van der Waals surface area contributed by atoms with E-state index in [2.05, 4.69) is 10.1 Å². The molecule has 0 bridgehead atoms. The Kier molecular flexibility index (Phi) is 5.66. The molecular weight excluding hydrogens is 170 g/mol. The molecule has 0 radical (unpaired) electrons. The lowest BCUT2D eigenvalue weighted by atomic mass is 10.2. The lowest BCUT2D eigenvalue weighted by molar-refractivity contribution is -0.138. The molecule has 1 unspecified atom stereocenters. The molecule has 1 rings (SSSR count). The van der Waals surface area contributed by atoms with Crippen LogP contribution < -0.4 is 5.32 Å². The van der Waals surface area contributed by atoms with Crippen LogP contribution >= 0.6 is 0 Å². The van der Waals surface area contributed by atoms with E-state index in [1.807, 2.05) is 20.8 Å². The summed E-state index contributed by atoms with van der Waals surface area (Å²) in [6.45, 7) is 6.91. The van der Waals surface area contributed by atoms with Crippen LogP contribution in [0.5, 0.6) is 0 Å². The number of carbonyl (C=O) groups excluding carboxylic acids is 1. The molecule has 1 atom stereocenters. The second-order valence-electron chi connectivity index (χ2n) is 3.94. The number of ether oxygens (including phenoxy) is 1. The minimum absolute atomic E-state index is 0.204. The van der Waals surface area contributed by atoms with Crippen molar-refractivity contribution in [3.05, 3.63) is 0 Å². The third-order valence-electron chi connectivity index (χ3n) is 1.44. The summed E-state index contributed by atoms with van der Waals surface area (Å²) in [6.07, 6.45) is 1.85. The van der Waals surface area contributed by atoms with Gasteiger partial charge in [-0.05, 0) is 40.2 Å². The van der Waals surface area contributed by atoms with Crippen LogP contribution in [0.25, 0.3) is 0 Å². The molecule has 4 heteroatoms. The van der Waals surface area contributed by atoms with E-state index in [9.17, 15) is 4.79 Å². The maximum absolute atomic E-state index is 9.60. The molecule has 2 N–H and O–H groups in total. The molecule has 78 valence electrons. The Balaban J connectivity index is 0.000000223. The lowest BCUT2D eigenvalue weighted by Gasteiger charge is -2.14. The number of nitrogens with one attached hydrogen (secondary N) is 1. The van der Waals surface area contributed by atoms with Crippen LogP contribution in [0.1, 0.15) is 33.6 Å². The van der Waals surface area contributed by atoms with Crippen LogP contribution in [0, 0.1) is 0 Å². The van der Waals surface area contributed by atoms with E-state index in [0.717, 1.165) is 19.4 Å². The fraction of sp³-hybridized carbons (Fsp3) is 0.889. The first kappa shape index (κ1) is 12.4. The number of hydrogen-bond donors (Lipinski definition) is 2. The quantitative estimate of drug-likeness (QED) is 0.594. The summed E-state index contributed by atoms with van der Waals surface area (Å²) in [5.41, 5.74) is -0.318. The summed E-state index contributed by atoms with van der Waals surface area (Å²) in [5.74, 6) is 0. The summed E-state index contributed by atoms with van der Waals surface area (Å²) >= 11 is 0. The highest BCUT2D eigenvalue weighted by atomic mass is 16.5. The van der Waals surface area contributed by atoms with Gasteiger partial charge in [-0.2, -0.15) is 0 Å². The van der Waals surface area contributed by atoms with Crippen LogP contribution in [-0.2, 0) is 9.53 Å². The summed E-state index contributed by atoms with van der Waals surface area (Å²) in [5, 5.41) is 11.5. The van der Waals surface area contributed by atoms with Gasteiger partial charge in [0.05, 0.1) is 0 Å². The monoisotopic (exact) mass is 189 g/mol. The van der Waals surface area contributed by atoms with Crippen LogP contribution in [0.2, 0.25) is 0 Å². The van der Waals surface area contributed by atoms with Crippen molar-refractivity contribution in [2.24, 2.45) is 0 Å². The molecule has 1 aliphatic heterocycles. The van der Waals surface area contributed by atoms with Gasteiger partial charge in [0.2, 0.25) is 0 Å². The van der Waals surface area contributed by atoms with Gasteiger partial charge in [0.25, 0.3) is 6.47 Å². The van der Waals surface area contributed by atoms with E-state index in [0.29, 0.717) is 6.47 Å². The normalized spacial score (nSPS) is 21.7. The van der Waals surface area contributed by atoms with Crippen LogP contribution in [-0.4, -0.2) is 30.0 Å². The molecular formula is C9H19NO3. The minimum atomic E-state index is -0.318. The second kappa shape index (κ2) is 5.94. The molecule has 0 saturated carbocycles. The van der Waals surface area contributed by atoms with Crippen molar-refractivity contribution in [3.63, 3.8) is 0 Å². The Bertz CT molecular complexity index is 136. The molecule has 0 aromatic heterocycles. The Hall–Kier alpha value is -0.610. The van der Waals surface area contributed by atoms with Crippen molar-refractivity contribution in [2.45, 2.75) is 45.4 Å². The fourth-order valence-corrected chi connectivity index (χ4v) is 0.810. The number of carbonyl (C=O) groups is 1. The van der Waals surface area contributed by atoms with Gasteiger partial charge in [0.1, 0.15) is 11.8 Å². The molecule has 1 aliphatic rings. The average Bonchev–Trinajstić information content (AvgIpc) is 2.38. The van der Waals surface area contributed by atoms with Gasteiger partial charge in [-0.15, -0.1) is 0 Å². The zero-order chi connectivity index (χ0) is 10.3. The molecule has 0 aromatic carbocycles. The van der Waals surface area contributed by atoms with E-state index >= 15 is 0 Å². The van der Waals surface area contributed by atoms with Gasteiger partial charge >= 0.3 is 0 Å². The highest BCUT2D eigenvalue weighted by Crippen LogP contribution is 2.02. The van der Waals surface area contributed by atoms with E-state index in [4.69, 9.17) is 5.11 Å². The molecule has 1 saturated heterocycles. The summed E-state index contributed by atoms with van der Waals surface area (Å²) in [7, 11) is 0. The fourth-order valence-electron chi connectivity index (χ4n) is 0.810. The number of aliphatic hydroxyl groups excluding tert-OH is 1. The minimum Gasteiger partial charge on any atom is -0.462 e. The van der Waals surface area contributed by atoms with E-state index in [1.165, 1.54) is 0 Å². The number of aliphatic hydroxyl groups is 1. The zero-order valence-corrected chi connectivity index (χ0v) is 8.54. The standard InChI is InChI=1S/C5H10O2.C4H9NO/c1-5(2,3)7-4-6;6-4-2-1-3-5-4/h4H,1-3H3;4-6H,1-3H2. The van der Waals surface area contributed by atoms with Gasteiger partial charge in [0.15, 0.2) is 0 Å². The van der Waals surface area contributed by atoms with Crippen molar-refractivity contribution < 1.29 is 14.6 Å². The predicted molar refractivity (Wildman–Crippen MR) is 50.1 cm³/mol. The highest BCUT2D eigenvalue weighted by Gasteiger charge is 2.07. The first-order chi connectivity index (χ1) is 5.95. The molecule has 1 fully saturated rings. The Morgan fingerprint density at radius 1 is 1.54 bits per heavy atom. The van der Waals surface area contributed by atoms with E-state index < -0.39 is 0 Å². The Labute approximate surface area is 79.3 Å². The van der Waals surface area contributed by atoms with Crippen molar-refractivity contribution in [1.82, 2.24) is 5.32 Å². The maximum atomic E-state index is 9.60. The Morgan fingerprint density at radius 2 is 2.15 bits per heavy atom. The van der Waals surface area contributed by atoms with Crippen molar-refractivity contribution in [1.29, 1.82) is 0 Å². The van der Waals surface area contributed by atoms with Crippen LogP contribution in [0.3, 0.4) is 0 Å². The lowest BCUT2D eigenvalue weighted by Crippen LogP contribution is -2.19. The van der Waals surface area contributed by atoms with Gasteiger partial charge in [-0.1, -0.05) is 0 Å². The zero-order valence-electron chi connectivity index (χ0n) is 8.54. The van der Waals surface area contributed by atoms with Crippen molar-refractivity contribution in [3.8, 4) is 0 Å². The topological polar surface area (TPSA) is 58.6 Å². The van der Waals surface area contributed by atoms with E-state index in [1.54, 1.807) is 0 Å². The molecule has 1 heterocycles. The molecule has 13 heavy (non-hydrogen) atoms.